The second-order valence-corrected chi connectivity index (χ2v) is 5.10. The number of hydrogen-bond donors (Lipinski definition) is 1. The van der Waals surface area contributed by atoms with Gasteiger partial charge in [0.15, 0.2) is 0 Å². The van der Waals surface area contributed by atoms with Gasteiger partial charge in [-0.2, -0.15) is 0 Å². The molecule has 2 aromatic rings. The van der Waals surface area contributed by atoms with Crippen molar-refractivity contribution in [2.24, 2.45) is 0 Å². The highest BCUT2D eigenvalue weighted by atomic mass is 79.9. The molecule has 104 valence electrons. The van der Waals surface area contributed by atoms with E-state index in [0.717, 1.165) is 16.6 Å². The largest absolute Gasteiger partial charge is 0.494 e. The van der Waals surface area contributed by atoms with Crippen LogP contribution in [-0.4, -0.2) is 17.5 Å². The van der Waals surface area contributed by atoms with Crippen LogP contribution in [-0.2, 0) is 0 Å². The van der Waals surface area contributed by atoms with Crippen LogP contribution in [0.2, 0.25) is 0 Å². The van der Waals surface area contributed by atoms with Gasteiger partial charge >= 0.3 is 0 Å². The average molecular weight is 335 g/mol. The van der Waals surface area contributed by atoms with E-state index in [-0.39, 0.29) is 5.91 Å². The van der Waals surface area contributed by atoms with E-state index in [0.29, 0.717) is 18.0 Å². The van der Waals surface area contributed by atoms with Gasteiger partial charge in [0.05, 0.1) is 6.61 Å². The molecule has 0 aliphatic heterocycles. The summed E-state index contributed by atoms with van der Waals surface area (Å²) in [5, 5.41) is 2.79. The number of nitrogens with zero attached hydrogens (tertiary/aromatic N) is 1. The quantitative estimate of drug-likeness (QED) is 0.902. The van der Waals surface area contributed by atoms with E-state index in [1.807, 2.05) is 24.3 Å². The molecule has 20 heavy (non-hydrogen) atoms. The number of rotatable bonds is 5. The molecule has 0 fully saturated rings. The molecule has 1 aromatic carbocycles. The van der Waals surface area contributed by atoms with E-state index in [1.54, 1.807) is 18.3 Å². The summed E-state index contributed by atoms with van der Waals surface area (Å²) >= 11 is 3.28. The van der Waals surface area contributed by atoms with Crippen molar-refractivity contribution in [1.82, 2.24) is 4.98 Å². The number of carbonyl (C=O) groups is 1. The molecule has 0 spiro atoms. The zero-order valence-corrected chi connectivity index (χ0v) is 12.7. The number of ether oxygens (including phenoxy) is 1. The Kier molecular flexibility index (Phi) is 5.12. The van der Waals surface area contributed by atoms with E-state index in [1.165, 1.54) is 0 Å². The second kappa shape index (κ2) is 7.05. The number of anilines is 1. The average Bonchev–Trinajstić information content (AvgIpc) is 2.47. The van der Waals surface area contributed by atoms with Crippen molar-refractivity contribution >= 4 is 27.5 Å². The molecule has 5 heteroatoms. The summed E-state index contributed by atoms with van der Waals surface area (Å²) in [6, 6.07) is 10.7. The van der Waals surface area contributed by atoms with E-state index < -0.39 is 0 Å². The molecule has 0 aliphatic rings. The Labute approximate surface area is 126 Å². The minimum absolute atomic E-state index is 0.236. The Morgan fingerprint density at radius 1 is 1.25 bits per heavy atom. The van der Waals surface area contributed by atoms with Gasteiger partial charge in [-0.05, 0) is 58.7 Å². The molecule has 1 heterocycles. The van der Waals surface area contributed by atoms with Crippen LogP contribution in [0.25, 0.3) is 0 Å². The number of amides is 1. The molecule has 1 N–H and O–H groups in total. The van der Waals surface area contributed by atoms with Crippen LogP contribution in [0.3, 0.4) is 0 Å². The lowest BCUT2D eigenvalue weighted by Crippen LogP contribution is -2.13. The first-order chi connectivity index (χ1) is 9.69. The molecule has 0 saturated carbocycles. The fraction of sp³-hybridized carbons (Fsp3) is 0.200. The van der Waals surface area contributed by atoms with Gasteiger partial charge in [-0.25, -0.2) is 4.98 Å². The number of hydrogen-bond acceptors (Lipinski definition) is 3. The van der Waals surface area contributed by atoms with Crippen molar-refractivity contribution in [3.8, 4) is 5.75 Å². The highest BCUT2D eigenvalue weighted by Crippen LogP contribution is 2.16. The van der Waals surface area contributed by atoms with Gasteiger partial charge in [-0.1, -0.05) is 6.92 Å². The van der Waals surface area contributed by atoms with Gasteiger partial charge in [-0.3, -0.25) is 4.79 Å². The van der Waals surface area contributed by atoms with Gasteiger partial charge in [0.1, 0.15) is 11.4 Å². The van der Waals surface area contributed by atoms with Crippen molar-refractivity contribution in [3.63, 3.8) is 0 Å². The highest BCUT2D eigenvalue weighted by Gasteiger charge is 2.07. The Balaban J connectivity index is 1.99. The first-order valence-electron chi connectivity index (χ1n) is 6.35. The zero-order chi connectivity index (χ0) is 14.4. The number of carbonyl (C=O) groups excluding carboxylic acids is 1. The fourth-order valence-electron chi connectivity index (χ4n) is 1.56. The summed E-state index contributed by atoms with van der Waals surface area (Å²) in [5.74, 6) is 0.561. The lowest BCUT2D eigenvalue weighted by atomic mass is 10.3. The predicted molar refractivity (Wildman–Crippen MR) is 82.1 cm³/mol. The molecule has 0 aliphatic carbocycles. The summed E-state index contributed by atoms with van der Waals surface area (Å²) in [5.41, 5.74) is 1.09. The van der Waals surface area contributed by atoms with Gasteiger partial charge in [0.25, 0.3) is 5.91 Å². The molecule has 0 unspecified atom stereocenters. The Hall–Kier alpha value is -1.88. The maximum absolute atomic E-state index is 12.0. The summed E-state index contributed by atoms with van der Waals surface area (Å²) in [4.78, 5) is 16.0. The maximum Gasteiger partial charge on any atom is 0.274 e. The Bertz CT molecular complexity index is 567. The smallest absolute Gasteiger partial charge is 0.274 e. The maximum atomic E-state index is 12.0. The topological polar surface area (TPSA) is 51.2 Å². The van der Waals surface area contributed by atoms with Crippen molar-refractivity contribution in [1.29, 1.82) is 0 Å². The summed E-state index contributed by atoms with van der Waals surface area (Å²) in [7, 11) is 0. The van der Waals surface area contributed by atoms with Crippen molar-refractivity contribution in [3.05, 3.63) is 52.8 Å². The Morgan fingerprint density at radius 3 is 2.60 bits per heavy atom. The predicted octanol–water partition coefficient (Wildman–Crippen LogP) is 3.89. The van der Waals surface area contributed by atoms with Crippen LogP contribution in [0, 0.1) is 0 Å². The van der Waals surface area contributed by atoms with E-state index in [2.05, 4.69) is 33.2 Å². The van der Waals surface area contributed by atoms with Gasteiger partial charge < -0.3 is 10.1 Å². The number of halogens is 1. The third-order valence-electron chi connectivity index (χ3n) is 2.55. The van der Waals surface area contributed by atoms with Crippen LogP contribution >= 0.6 is 15.9 Å². The van der Waals surface area contributed by atoms with Crippen LogP contribution < -0.4 is 10.1 Å². The molecule has 1 aromatic heterocycles. The summed E-state index contributed by atoms with van der Waals surface area (Å²) < 4.78 is 6.32. The minimum atomic E-state index is -0.236. The van der Waals surface area contributed by atoms with Gasteiger partial charge in [0.2, 0.25) is 0 Å². The number of nitrogens with one attached hydrogen (secondary N) is 1. The second-order valence-electron chi connectivity index (χ2n) is 4.19. The minimum Gasteiger partial charge on any atom is -0.494 e. The molecular weight excluding hydrogens is 320 g/mol. The first kappa shape index (κ1) is 14.5. The van der Waals surface area contributed by atoms with Crippen LogP contribution in [0.5, 0.6) is 5.75 Å². The third kappa shape index (κ3) is 4.06. The van der Waals surface area contributed by atoms with Crippen LogP contribution in [0.15, 0.2) is 47.1 Å². The molecule has 1 amide bonds. The third-order valence-corrected chi connectivity index (χ3v) is 3.01. The standard InChI is InChI=1S/C15H15BrN2O2/c1-2-9-20-13-6-4-12(5-7-13)18-15(19)14-8-3-11(16)10-17-14/h3-8,10H,2,9H2,1H3,(H,18,19). The zero-order valence-electron chi connectivity index (χ0n) is 11.1. The fourth-order valence-corrected chi connectivity index (χ4v) is 1.79. The SMILES string of the molecule is CCCOc1ccc(NC(=O)c2ccc(Br)cn2)cc1. The lowest BCUT2D eigenvalue weighted by molar-refractivity contribution is 0.102. The first-order valence-corrected chi connectivity index (χ1v) is 7.14. The molecule has 0 atom stereocenters. The van der Waals surface area contributed by atoms with E-state index >= 15 is 0 Å². The molecule has 0 radical (unpaired) electrons. The van der Waals surface area contributed by atoms with Gasteiger partial charge in [0, 0.05) is 16.4 Å². The monoisotopic (exact) mass is 334 g/mol. The van der Waals surface area contributed by atoms with Crippen molar-refractivity contribution < 1.29 is 9.53 Å². The highest BCUT2D eigenvalue weighted by molar-refractivity contribution is 9.10. The van der Waals surface area contributed by atoms with Crippen molar-refractivity contribution in [2.75, 3.05) is 11.9 Å². The summed E-state index contributed by atoms with van der Waals surface area (Å²) in [6.07, 6.45) is 2.56. The number of pyridine rings is 1. The van der Waals surface area contributed by atoms with Crippen molar-refractivity contribution in [2.45, 2.75) is 13.3 Å². The number of aromatic nitrogens is 1. The normalized spacial score (nSPS) is 10.1. The molecule has 4 nitrogen and oxygen atoms in total. The van der Waals surface area contributed by atoms with Crippen LogP contribution in [0.1, 0.15) is 23.8 Å². The lowest BCUT2D eigenvalue weighted by Gasteiger charge is -2.07. The molecule has 2 rings (SSSR count). The molecule has 0 bridgehead atoms. The summed E-state index contributed by atoms with van der Waals surface area (Å²) in [6.45, 7) is 2.74. The van der Waals surface area contributed by atoms with Gasteiger partial charge in [-0.15, -0.1) is 0 Å². The molecular formula is C15H15BrN2O2. The number of benzene rings is 1. The van der Waals surface area contributed by atoms with Crippen LogP contribution in [0.4, 0.5) is 5.69 Å². The van der Waals surface area contributed by atoms with E-state index in [9.17, 15) is 4.79 Å². The Morgan fingerprint density at radius 2 is 2.00 bits per heavy atom. The molecule has 0 saturated heterocycles. The van der Waals surface area contributed by atoms with E-state index in [4.69, 9.17) is 4.74 Å².